The standard InChI is InChI=1S/C21H29N3O4S/c1-15-5-4-8-24(14-15)29(26,27)17-6-7-19-18(13-17)16(2)20(28-19)21(25)23-11-9-22(3)10-12-23/h6-7,13,15H,4-5,8-12,14H2,1-3H3. The Balaban J connectivity index is 1.65. The maximum atomic E-state index is 13.1. The van der Waals surface area contributed by atoms with E-state index in [0.29, 0.717) is 54.4 Å². The van der Waals surface area contributed by atoms with Gasteiger partial charge in [-0.05, 0) is 50.9 Å². The van der Waals surface area contributed by atoms with Crippen molar-refractivity contribution in [3.8, 4) is 0 Å². The number of carbonyl (C=O) groups is 1. The Morgan fingerprint density at radius 2 is 1.86 bits per heavy atom. The fraction of sp³-hybridized carbons (Fsp3) is 0.571. The second-order valence-corrected chi connectivity index (χ2v) is 10.4. The predicted molar refractivity (Wildman–Crippen MR) is 112 cm³/mol. The molecule has 158 valence electrons. The fourth-order valence-corrected chi connectivity index (χ4v) is 5.86. The number of rotatable bonds is 3. The van der Waals surface area contributed by atoms with Crippen LogP contribution in [0.5, 0.6) is 0 Å². The Bertz CT molecular complexity index is 1020. The van der Waals surface area contributed by atoms with E-state index in [0.717, 1.165) is 25.9 Å². The van der Waals surface area contributed by atoms with Crippen molar-refractivity contribution < 1.29 is 17.6 Å². The van der Waals surface area contributed by atoms with Crippen molar-refractivity contribution in [3.63, 3.8) is 0 Å². The minimum Gasteiger partial charge on any atom is -0.451 e. The van der Waals surface area contributed by atoms with Crippen LogP contribution in [0.1, 0.15) is 35.9 Å². The molecule has 29 heavy (non-hydrogen) atoms. The summed E-state index contributed by atoms with van der Waals surface area (Å²) in [5.74, 6) is 0.553. The minimum atomic E-state index is -3.55. The lowest BCUT2D eigenvalue weighted by Crippen LogP contribution is -2.47. The van der Waals surface area contributed by atoms with Gasteiger partial charge in [0.1, 0.15) is 5.58 Å². The molecule has 0 spiro atoms. The van der Waals surface area contributed by atoms with E-state index in [1.807, 2.05) is 14.0 Å². The summed E-state index contributed by atoms with van der Waals surface area (Å²) in [6.07, 6.45) is 1.95. The number of sulfonamides is 1. The van der Waals surface area contributed by atoms with Crippen molar-refractivity contribution in [3.05, 3.63) is 29.5 Å². The predicted octanol–water partition coefficient (Wildman–Crippen LogP) is 2.55. The molecule has 3 heterocycles. The smallest absolute Gasteiger partial charge is 0.289 e. The van der Waals surface area contributed by atoms with Gasteiger partial charge >= 0.3 is 0 Å². The number of furan rings is 1. The number of carbonyl (C=O) groups excluding carboxylic acids is 1. The van der Waals surface area contributed by atoms with Gasteiger partial charge in [-0.15, -0.1) is 0 Å². The van der Waals surface area contributed by atoms with Crippen LogP contribution in [0.2, 0.25) is 0 Å². The van der Waals surface area contributed by atoms with E-state index in [1.165, 1.54) is 0 Å². The van der Waals surface area contributed by atoms with Gasteiger partial charge in [-0.1, -0.05) is 6.92 Å². The number of hydrogen-bond donors (Lipinski definition) is 0. The molecule has 2 aromatic rings. The van der Waals surface area contributed by atoms with Crippen molar-refractivity contribution in [2.75, 3.05) is 46.3 Å². The van der Waals surface area contributed by atoms with Crippen LogP contribution in [0.15, 0.2) is 27.5 Å². The molecular formula is C21H29N3O4S. The van der Waals surface area contributed by atoms with Crippen LogP contribution in [0.4, 0.5) is 0 Å². The quantitative estimate of drug-likeness (QED) is 0.764. The summed E-state index contributed by atoms with van der Waals surface area (Å²) >= 11 is 0. The van der Waals surface area contributed by atoms with Gasteiger partial charge in [-0.3, -0.25) is 4.79 Å². The zero-order chi connectivity index (χ0) is 20.8. The third-order valence-electron chi connectivity index (χ3n) is 6.15. The normalized spacial score (nSPS) is 22.3. The molecule has 2 aliphatic rings. The van der Waals surface area contributed by atoms with Gasteiger partial charge in [-0.25, -0.2) is 8.42 Å². The van der Waals surface area contributed by atoms with Crippen molar-refractivity contribution in [1.29, 1.82) is 0 Å². The van der Waals surface area contributed by atoms with Crippen LogP contribution < -0.4 is 0 Å². The number of likely N-dealkylation sites (N-methyl/N-ethyl adjacent to an activating group) is 1. The van der Waals surface area contributed by atoms with Gasteiger partial charge in [-0.2, -0.15) is 4.31 Å². The number of aryl methyl sites for hydroxylation is 1. The van der Waals surface area contributed by atoms with E-state index in [1.54, 1.807) is 27.4 Å². The molecule has 0 radical (unpaired) electrons. The lowest BCUT2D eigenvalue weighted by Gasteiger charge is -2.31. The summed E-state index contributed by atoms with van der Waals surface area (Å²) in [5.41, 5.74) is 1.25. The van der Waals surface area contributed by atoms with Crippen LogP contribution in [-0.4, -0.2) is 74.7 Å². The minimum absolute atomic E-state index is 0.124. The first-order valence-electron chi connectivity index (χ1n) is 10.3. The lowest BCUT2D eigenvalue weighted by molar-refractivity contribution is 0.0634. The Morgan fingerprint density at radius 3 is 2.55 bits per heavy atom. The SMILES string of the molecule is Cc1c(C(=O)N2CCN(C)CC2)oc2ccc(S(=O)(=O)N3CCCC(C)C3)cc12. The highest BCUT2D eigenvalue weighted by molar-refractivity contribution is 7.89. The lowest BCUT2D eigenvalue weighted by atomic mass is 10.0. The monoisotopic (exact) mass is 419 g/mol. The molecule has 0 aliphatic carbocycles. The van der Waals surface area contributed by atoms with Gasteiger partial charge in [0.25, 0.3) is 5.91 Å². The Labute approximate surface area is 172 Å². The van der Waals surface area contributed by atoms with Crippen LogP contribution >= 0.6 is 0 Å². The van der Waals surface area contributed by atoms with E-state index in [9.17, 15) is 13.2 Å². The zero-order valence-electron chi connectivity index (χ0n) is 17.3. The number of piperazine rings is 1. The van der Waals surface area contributed by atoms with Gasteiger partial charge in [0.2, 0.25) is 10.0 Å². The summed E-state index contributed by atoms with van der Waals surface area (Å²) < 4.78 is 33.7. The molecule has 2 fully saturated rings. The molecule has 2 aliphatic heterocycles. The van der Waals surface area contributed by atoms with E-state index >= 15 is 0 Å². The molecule has 0 saturated carbocycles. The number of amides is 1. The second-order valence-electron chi connectivity index (χ2n) is 8.42. The largest absolute Gasteiger partial charge is 0.451 e. The van der Waals surface area contributed by atoms with E-state index in [-0.39, 0.29) is 10.8 Å². The maximum absolute atomic E-state index is 13.1. The number of fused-ring (bicyclic) bond motifs is 1. The average Bonchev–Trinajstić information content (AvgIpc) is 3.04. The average molecular weight is 420 g/mol. The van der Waals surface area contributed by atoms with Crippen LogP contribution in [0.3, 0.4) is 0 Å². The number of piperidine rings is 1. The molecule has 0 N–H and O–H groups in total. The van der Waals surface area contributed by atoms with Crippen LogP contribution in [0, 0.1) is 12.8 Å². The third kappa shape index (κ3) is 3.81. The fourth-order valence-electron chi connectivity index (χ4n) is 4.23. The molecule has 4 rings (SSSR count). The maximum Gasteiger partial charge on any atom is 0.289 e. The van der Waals surface area contributed by atoms with Crippen LogP contribution in [-0.2, 0) is 10.0 Å². The molecule has 7 nitrogen and oxygen atoms in total. The molecule has 1 aromatic carbocycles. The Morgan fingerprint density at radius 1 is 1.14 bits per heavy atom. The number of hydrogen-bond acceptors (Lipinski definition) is 5. The molecule has 1 amide bonds. The van der Waals surface area contributed by atoms with Crippen molar-refractivity contribution >= 4 is 26.9 Å². The van der Waals surface area contributed by atoms with Gasteiger partial charge in [0, 0.05) is 50.2 Å². The summed E-state index contributed by atoms with van der Waals surface area (Å²) in [4.78, 5) is 17.2. The molecule has 8 heteroatoms. The van der Waals surface area contributed by atoms with Gasteiger partial charge in [0.15, 0.2) is 5.76 Å². The Kier molecular flexibility index (Phi) is 5.44. The highest BCUT2D eigenvalue weighted by atomic mass is 32.2. The first-order chi connectivity index (χ1) is 13.8. The van der Waals surface area contributed by atoms with E-state index in [2.05, 4.69) is 11.8 Å². The van der Waals surface area contributed by atoms with E-state index < -0.39 is 10.0 Å². The first kappa shape index (κ1) is 20.4. The number of benzene rings is 1. The summed E-state index contributed by atoms with van der Waals surface area (Å²) in [7, 11) is -1.51. The zero-order valence-corrected chi connectivity index (χ0v) is 18.2. The molecular weight excluding hydrogens is 390 g/mol. The highest BCUT2D eigenvalue weighted by Gasteiger charge is 2.30. The molecule has 1 unspecified atom stereocenters. The summed E-state index contributed by atoms with van der Waals surface area (Å²) in [6, 6.07) is 4.91. The van der Waals surface area contributed by atoms with Crippen LogP contribution in [0.25, 0.3) is 11.0 Å². The van der Waals surface area contributed by atoms with Crippen molar-refractivity contribution in [1.82, 2.24) is 14.1 Å². The highest BCUT2D eigenvalue weighted by Crippen LogP contribution is 2.31. The van der Waals surface area contributed by atoms with Gasteiger partial charge in [0.05, 0.1) is 4.90 Å². The Hall–Kier alpha value is -1.90. The molecule has 0 bridgehead atoms. The summed E-state index contributed by atoms with van der Waals surface area (Å²) in [6.45, 7) is 8.02. The second kappa shape index (κ2) is 7.74. The van der Waals surface area contributed by atoms with Crippen molar-refractivity contribution in [2.45, 2.75) is 31.6 Å². The van der Waals surface area contributed by atoms with Crippen molar-refractivity contribution in [2.24, 2.45) is 5.92 Å². The summed E-state index contributed by atoms with van der Waals surface area (Å²) in [5, 5.41) is 0.689. The molecule has 1 atom stereocenters. The third-order valence-corrected chi connectivity index (χ3v) is 8.01. The number of nitrogens with zero attached hydrogens (tertiary/aromatic N) is 3. The van der Waals surface area contributed by atoms with Gasteiger partial charge < -0.3 is 14.2 Å². The topological polar surface area (TPSA) is 74.1 Å². The molecule has 2 saturated heterocycles. The molecule has 1 aromatic heterocycles. The first-order valence-corrected chi connectivity index (χ1v) is 11.7. The van der Waals surface area contributed by atoms with E-state index in [4.69, 9.17) is 4.42 Å².